The highest BCUT2D eigenvalue weighted by molar-refractivity contribution is 6.14. The summed E-state index contributed by atoms with van der Waals surface area (Å²) in [4.78, 5) is 25.3. The van der Waals surface area contributed by atoms with Gasteiger partial charge in [0.15, 0.2) is 5.76 Å². The third kappa shape index (κ3) is 3.63. The molecular weight excluding hydrogens is 384 g/mol. The number of hydrogen-bond donors (Lipinski definition) is 0. The Bertz CT molecular complexity index is 1160. The fourth-order valence-electron chi connectivity index (χ4n) is 3.10. The van der Waals surface area contributed by atoms with E-state index >= 15 is 0 Å². The van der Waals surface area contributed by atoms with Crippen molar-refractivity contribution in [3.8, 4) is 23.0 Å². The molecule has 0 fully saturated rings. The van der Waals surface area contributed by atoms with Crippen molar-refractivity contribution in [1.82, 2.24) is 0 Å². The van der Waals surface area contributed by atoms with Gasteiger partial charge in [-0.1, -0.05) is 30.3 Å². The minimum absolute atomic E-state index is 0.138. The molecule has 150 valence electrons. The van der Waals surface area contributed by atoms with Gasteiger partial charge in [0.25, 0.3) is 0 Å². The predicted molar refractivity (Wildman–Crippen MR) is 110 cm³/mol. The van der Waals surface area contributed by atoms with Crippen LogP contribution in [0.3, 0.4) is 0 Å². The Balaban J connectivity index is 1.63. The Morgan fingerprint density at radius 3 is 2.40 bits per heavy atom. The van der Waals surface area contributed by atoms with Gasteiger partial charge in [0.2, 0.25) is 5.78 Å². The zero-order valence-electron chi connectivity index (χ0n) is 16.4. The monoisotopic (exact) mass is 402 g/mol. The highest BCUT2D eigenvalue weighted by Gasteiger charge is 2.28. The Labute approximate surface area is 173 Å². The number of allylic oxidation sites excluding steroid dienone is 1. The lowest BCUT2D eigenvalue weighted by atomic mass is 10.1. The maximum absolute atomic E-state index is 12.7. The number of esters is 1. The number of ketones is 1. The summed E-state index contributed by atoms with van der Waals surface area (Å²) in [5.74, 6) is 1.05. The summed E-state index contributed by atoms with van der Waals surface area (Å²) >= 11 is 0. The second-order valence-electron chi connectivity index (χ2n) is 6.43. The summed E-state index contributed by atoms with van der Waals surface area (Å²) in [6.07, 6.45) is 1.56. The molecule has 0 spiro atoms. The molecule has 3 aromatic carbocycles. The second-order valence-corrected chi connectivity index (χ2v) is 6.43. The molecule has 6 nitrogen and oxygen atoms in total. The molecule has 0 aromatic heterocycles. The maximum atomic E-state index is 12.7. The van der Waals surface area contributed by atoms with E-state index in [4.69, 9.17) is 18.9 Å². The van der Waals surface area contributed by atoms with Crippen molar-refractivity contribution < 1.29 is 28.5 Å². The summed E-state index contributed by atoms with van der Waals surface area (Å²) in [5, 5.41) is 0. The molecule has 0 aliphatic carbocycles. The third-order valence-electron chi connectivity index (χ3n) is 4.61. The number of fused-ring (bicyclic) bond motifs is 1. The van der Waals surface area contributed by atoms with E-state index in [9.17, 15) is 9.59 Å². The van der Waals surface area contributed by atoms with Gasteiger partial charge in [-0.15, -0.1) is 0 Å². The fourth-order valence-corrected chi connectivity index (χ4v) is 3.10. The smallest absolute Gasteiger partial charge is 0.347 e. The van der Waals surface area contributed by atoms with E-state index in [0.29, 0.717) is 39.7 Å². The number of ether oxygens (including phenoxy) is 4. The first-order chi connectivity index (χ1) is 14.6. The van der Waals surface area contributed by atoms with E-state index in [0.717, 1.165) is 0 Å². The van der Waals surface area contributed by atoms with Gasteiger partial charge in [0.05, 0.1) is 19.8 Å². The average Bonchev–Trinajstić information content (AvgIpc) is 3.09. The summed E-state index contributed by atoms with van der Waals surface area (Å²) in [5.41, 5.74) is 1.28. The number of rotatable bonds is 5. The first-order valence-corrected chi connectivity index (χ1v) is 9.17. The van der Waals surface area contributed by atoms with Crippen LogP contribution in [0.2, 0.25) is 0 Å². The van der Waals surface area contributed by atoms with Crippen LogP contribution < -0.4 is 18.9 Å². The Kier molecular flexibility index (Phi) is 5.22. The van der Waals surface area contributed by atoms with Crippen molar-refractivity contribution in [2.45, 2.75) is 0 Å². The molecule has 0 atom stereocenters. The molecule has 1 aliphatic heterocycles. The SMILES string of the molecule is COc1ccc2c(c1)O/C(=C\c1ccccc1OC(=O)c1ccccc1OC)C2=O. The highest BCUT2D eigenvalue weighted by atomic mass is 16.5. The lowest BCUT2D eigenvalue weighted by Gasteiger charge is -2.10. The van der Waals surface area contributed by atoms with Crippen LogP contribution in [-0.4, -0.2) is 26.0 Å². The standard InChI is InChI=1S/C24H18O6/c1-27-16-11-12-17-21(14-16)29-22(23(17)25)13-15-7-3-5-9-19(15)30-24(26)18-8-4-6-10-20(18)28-2/h3-14H,1-2H3/b22-13-. The number of para-hydroxylation sites is 2. The topological polar surface area (TPSA) is 71.1 Å². The van der Waals surface area contributed by atoms with Gasteiger partial charge < -0.3 is 18.9 Å². The number of benzene rings is 3. The van der Waals surface area contributed by atoms with Gasteiger partial charge in [-0.3, -0.25) is 4.79 Å². The number of carbonyl (C=O) groups excluding carboxylic acids is 2. The molecule has 1 heterocycles. The highest BCUT2D eigenvalue weighted by Crippen LogP contribution is 2.35. The van der Waals surface area contributed by atoms with Gasteiger partial charge in [0, 0.05) is 11.6 Å². The average molecular weight is 402 g/mol. The van der Waals surface area contributed by atoms with Crippen molar-refractivity contribution in [3.63, 3.8) is 0 Å². The molecule has 0 unspecified atom stereocenters. The van der Waals surface area contributed by atoms with Crippen LogP contribution in [0.15, 0.2) is 72.5 Å². The summed E-state index contributed by atoms with van der Waals surface area (Å²) in [7, 11) is 3.03. The zero-order valence-corrected chi connectivity index (χ0v) is 16.4. The van der Waals surface area contributed by atoms with E-state index in [-0.39, 0.29) is 11.5 Å². The quantitative estimate of drug-likeness (QED) is 0.355. The molecule has 0 N–H and O–H groups in total. The van der Waals surface area contributed by atoms with Crippen molar-refractivity contribution in [2.75, 3.05) is 14.2 Å². The van der Waals surface area contributed by atoms with Crippen LogP contribution in [0.25, 0.3) is 6.08 Å². The maximum Gasteiger partial charge on any atom is 0.347 e. The Morgan fingerprint density at radius 2 is 1.63 bits per heavy atom. The van der Waals surface area contributed by atoms with E-state index in [1.165, 1.54) is 7.11 Å². The van der Waals surface area contributed by atoms with Crippen molar-refractivity contribution in [1.29, 1.82) is 0 Å². The van der Waals surface area contributed by atoms with Gasteiger partial charge in [-0.2, -0.15) is 0 Å². The van der Waals surface area contributed by atoms with Gasteiger partial charge >= 0.3 is 5.97 Å². The first kappa shape index (κ1) is 19.3. The summed E-state index contributed by atoms with van der Waals surface area (Å²) < 4.78 is 21.7. The molecule has 0 radical (unpaired) electrons. The van der Waals surface area contributed by atoms with Crippen LogP contribution in [0.5, 0.6) is 23.0 Å². The molecule has 0 amide bonds. The first-order valence-electron chi connectivity index (χ1n) is 9.17. The van der Waals surface area contributed by atoms with Gasteiger partial charge in [0.1, 0.15) is 28.6 Å². The largest absolute Gasteiger partial charge is 0.497 e. The van der Waals surface area contributed by atoms with Crippen molar-refractivity contribution in [2.24, 2.45) is 0 Å². The number of methoxy groups -OCH3 is 2. The molecule has 3 aromatic rings. The predicted octanol–water partition coefficient (Wildman–Crippen LogP) is 4.54. The molecule has 0 saturated carbocycles. The van der Waals surface area contributed by atoms with E-state index in [1.54, 1.807) is 79.9 Å². The van der Waals surface area contributed by atoms with E-state index in [1.807, 2.05) is 0 Å². The Morgan fingerprint density at radius 1 is 0.900 bits per heavy atom. The lowest BCUT2D eigenvalue weighted by molar-refractivity contribution is 0.0730. The normalized spacial score (nSPS) is 13.5. The van der Waals surface area contributed by atoms with Gasteiger partial charge in [-0.05, 0) is 36.4 Å². The number of Topliss-reactive ketones (excluding diaryl/α,β-unsaturated/α-hetero) is 1. The fraction of sp³-hybridized carbons (Fsp3) is 0.0833. The second kappa shape index (κ2) is 8.13. The molecule has 6 heteroatoms. The lowest BCUT2D eigenvalue weighted by Crippen LogP contribution is -2.11. The molecule has 0 saturated heterocycles. The van der Waals surface area contributed by atoms with Crippen LogP contribution in [0.4, 0.5) is 0 Å². The molecule has 0 bridgehead atoms. The number of hydrogen-bond acceptors (Lipinski definition) is 6. The molecule has 1 aliphatic rings. The number of carbonyl (C=O) groups is 2. The third-order valence-corrected chi connectivity index (χ3v) is 4.61. The molecule has 30 heavy (non-hydrogen) atoms. The molecule has 4 rings (SSSR count). The van der Waals surface area contributed by atoms with Crippen molar-refractivity contribution in [3.05, 3.63) is 89.2 Å². The van der Waals surface area contributed by atoms with E-state index < -0.39 is 5.97 Å². The summed E-state index contributed by atoms with van der Waals surface area (Å²) in [6.45, 7) is 0. The molecular formula is C24H18O6. The minimum atomic E-state index is -0.565. The zero-order chi connectivity index (χ0) is 21.1. The Hall–Kier alpha value is -4.06. The minimum Gasteiger partial charge on any atom is -0.497 e. The van der Waals surface area contributed by atoms with Crippen LogP contribution in [0.1, 0.15) is 26.3 Å². The van der Waals surface area contributed by atoms with Crippen LogP contribution in [-0.2, 0) is 0 Å². The van der Waals surface area contributed by atoms with Crippen LogP contribution >= 0.6 is 0 Å². The van der Waals surface area contributed by atoms with Crippen LogP contribution in [0, 0.1) is 0 Å². The van der Waals surface area contributed by atoms with E-state index in [2.05, 4.69) is 0 Å². The van der Waals surface area contributed by atoms with Gasteiger partial charge in [-0.25, -0.2) is 4.79 Å². The van der Waals surface area contributed by atoms with Crippen molar-refractivity contribution >= 4 is 17.8 Å². The summed E-state index contributed by atoms with van der Waals surface area (Å²) in [6, 6.07) is 18.7.